The Balaban J connectivity index is 2.61. The molecule has 0 spiro atoms. The number of carboxylic acids is 1. The van der Waals surface area contributed by atoms with Gasteiger partial charge in [-0.2, -0.15) is 0 Å². The molecule has 8 nitrogen and oxygen atoms in total. The Hall–Kier alpha value is -1.90. The molecular formula is C9H13N5O3S. The minimum atomic E-state index is -1.05. The highest BCUT2D eigenvalue weighted by atomic mass is 32.2. The number of aliphatic carboxylic acids is 1. The normalized spacial score (nSPS) is 11.8. The smallest absolute Gasteiger partial charge is 0.325 e. The number of hydrogen-bond donors (Lipinski definition) is 2. The molecule has 0 bridgehead atoms. The van der Waals surface area contributed by atoms with Crippen molar-refractivity contribution in [3.8, 4) is 0 Å². The summed E-state index contributed by atoms with van der Waals surface area (Å²) in [7, 11) is 0. The van der Waals surface area contributed by atoms with Gasteiger partial charge in [0.25, 0.3) is 0 Å². The van der Waals surface area contributed by atoms with Gasteiger partial charge in [0.2, 0.25) is 11.1 Å². The summed E-state index contributed by atoms with van der Waals surface area (Å²) in [6.45, 7) is 5.22. The zero-order valence-electron chi connectivity index (χ0n) is 9.74. The van der Waals surface area contributed by atoms with Crippen molar-refractivity contribution in [2.75, 3.05) is 6.54 Å². The molecule has 98 valence electrons. The van der Waals surface area contributed by atoms with Gasteiger partial charge in [0.05, 0.1) is 5.25 Å². The first kappa shape index (κ1) is 14.2. The number of nitrogens with zero attached hydrogens (tertiary/aromatic N) is 4. The van der Waals surface area contributed by atoms with E-state index in [1.54, 1.807) is 13.0 Å². The van der Waals surface area contributed by atoms with Crippen LogP contribution in [0.15, 0.2) is 17.8 Å². The second kappa shape index (κ2) is 6.74. The molecule has 9 heteroatoms. The van der Waals surface area contributed by atoms with Gasteiger partial charge in [-0.3, -0.25) is 9.59 Å². The van der Waals surface area contributed by atoms with Crippen LogP contribution in [0.4, 0.5) is 0 Å². The molecule has 0 aliphatic carbocycles. The number of carbonyl (C=O) groups excluding carboxylic acids is 1. The second-order valence-corrected chi connectivity index (χ2v) is 4.61. The minimum Gasteiger partial charge on any atom is -0.480 e. The molecule has 0 saturated heterocycles. The van der Waals surface area contributed by atoms with Crippen LogP contribution in [0.25, 0.3) is 0 Å². The quantitative estimate of drug-likeness (QED) is 0.510. The lowest BCUT2D eigenvalue weighted by molar-refractivity contribution is -0.138. The van der Waals surface area contributed by atoms with E-state index in [1.165, 1.54) is 0 Å². The van der Waals surface area contributed by atoms with Gasteiger partial charge in [-0.05, 0) is 17.4 Å². The maximum Gasteiger partial charge on any atom is 0.325 e. The summed E-state index contributed by atoms with van der Waals surface area (Å²) in [4.78, 5) is 22.2. The molecule has 0 aliphatic heterocycles. The van der Waals surface area contributed by atoms with Crippen LogP contribution >= 0.6 is 11.8 Å². The number of aromatic nitrogens is 4. The van der Waals surface area contributed by atoms with Crippen LogP contribution in [0.5, 0.6) is 0 Å². The van der Waals surface area contributed by atoms with Crippen molar-refractivity contribution in [1.29, 1.82) is 0 Å². The van der Waals surface area contributed by atoms with Gasteiger partial charge >= 0.3 is 5.97 Å². The Labute approximate surface area is 107 Å². The molecule has 0 saturated carbocycles. The fourth-order valence-electron chi connectivity index (χ4n) is 1.04. The van der Waals surface area contributed by atoms with Gasteiger partial charge < -0.3 is 10.4 Å². The van der Waals surface area contributed by atoms with Gasteiger partial charge in [0, 0.05) is 6.54 Å². The van der Waals surface area contributed by atoms with E-state index in [0.29, 0.717) is 11.7 Å². The second-order valence-electron chi connectivity index (χ2n) is 3.31. The highest BCUT2D eigenvalue weighted by molar-refractivity contribution is 8.00. The molecule has 1 aromatic heterocycles. The predicted molar refractivity (Wildman–Crippen MR) is 64.0 cm³/mol. The molecule has 1 rings (SSSR count). The Morgan fingerprint density at radius 3 is 3.00 bits per heavy atom. The fourth-order valence-corrected chi connectivity index (χ4v) is 1.85. The van der Waals surface area contributed by atoms with Crippen molar-refractivity contribution in [3.05, 3.63) is 12.7 Å². The molecule has 0 radical (unpaired) electrons. The number of tetrazole rings is 1. The first-order chi connectivity index (χ1) is 8.54. The van der Waals surface area contributed by atoms with Crippen molar-refractivity contribution >= 4 is 23.6 Å². The lowest BCUT2D eigenvalue weighted by Crippen LogP contribution is -2.31. The molecular weight excluding hydrogens is 258 g/mol. The Morgan fingerprint density at radius 2 is 2.39 bits per heavy atom. The summed E-state index contributed by atoms with van der Waals surface area (Å²) in [6, 6.07) is 0. The van der Waals surface area contributed by atoms with Crippen molar-refractivity contribution in [1.82, 2.24) is 25.5 Å². The Kier molecular flexibility index (Phi) is 5.31. The van der Waals surface area contributed by atoms with E-state index in [9.17, 15) is 9.59 Å². The SMILES string of the molecule is C=CCNC(=O)C(C)Sc1nnnn1CC(=O)O. The minimum absolute atomic E-state index is 0.190. The number of hydrogen-bond acceptors (Lipinski definition) is 6. The molecule has 2 N–H and O–H groups in total. The third-order valence-corrected chi connectivity index (χ3v) is 2.93. The number of nitrogens with one attached hydrogen (secondary N) is 1. The van der Waals surface area contributed by atoms with Gasteiger partial charge in [-0.15, -0.1) is 11.7 Å². The molecule has 1 unspecified atom stereocenters. The highest BCUT2D eigenvalue weighted by Gasteiger charge is 2.18. The van der Waals surface area contributed by atoms with Crippen LogP contribution in [0.1, 0.15) is 6.92 Å². The summed E-state index contributed by atoms with van der Waals surface area (Å²) >= 11 is 1.09. The summed E-state index contributed by atoms with van der Waals surface area (Å²) in [5.74, 6) is -1.24. The van der Waals surface area contributed by atoms with E-state index in [0.717, 1.165) is 16.4 Å². The van der Waals surface area contributed by atoms with Gasteiger partial charge in [0.15, 0.2) is 0 Å². The van der Waals surface area contributed by atoms with E-state index >= 15 is 0 Å². The number of carboxylic acid groups (broad SMARTS) is 1. The zero-order chi connectivity index (χ0) is 13.5. The fraction of sp³-hybridized carbons (Fsp3) is 0.444. The predicted octanol–water partition coefficient (Wildman–Crippen LogP) is -0.460. The van der Waals surface area contributed by atoms with Crippen LogP contribution in [0.2, 0.25) is 0 Å². The first-order valence-corrected chi connectivity index (χ1v) is 5.95. The molecule has 1 amide bonds. The molecule has 0 aliphatic rings. The summed E-state index contributed by atoms with van der Waals surface area (Å²) in [5.41, 5.74) is 0. The van der Waals surface area contributed by atoms with Crippen LogP contribution in [-0.2, 0) is 16.1 Å². The van der Waals surface area contributed by atoms with E-state index in [-0.39, 0.29) is 12.5 Å². The lowest BCUT2D eigenvalue weighted by Gasteiger charge is -2.09. The maximum atomic E-state index is 11.6. The summed E-state index contributed by atoms with van der Waals surface area (Å²) < 4.78 is 1.13. The number of carbonyl (C=O) groups is 2. The summed E-state index contributed by atoms with van der Waals surface area (Å²) in [5, 5.41) is 21.7. The average Bonchev–Trinajstić information content (AvgIpc) is 2.72. The van der Waals surface area contributed by atoms with Crippen molar-refractivity contribution in [2.45, 2.75) is 23.9 Å². The molecule has 0 aromatic carbocycles. The van der Waals surface area contributed by atoms with Crippen molar-refractivity contribution < 1.29 is 14.7 Å². The highest BCUT2D eigenvalue weighted by Crippen LogP contribution is 2.19. The van der Waals surface area contributed by atoms with Crippen LogP contribution < -0.4 is 5.32 Å². The number of thioether (sulfide) groups is 1. The molecule has 1 aromatic rings. The third-order valence-electron chi connectivity index (χ3n) is 1.86. The topological polar surface area (TPSA) is 110 Å². The first-order valence-electron chi connectivity index (χ1n) is 5.07. The van der Waals surface area contributed by atoms with Gasteiger partial charge in [-0.1, -0.05) is 17.8 Å². The number of rotatable bonds is 7. The largest absolute Gasteiger partial charge is 0.480 e. The zero-order valence-corrected chi connectivity index (χ0v) is 10.6. The van der Waals surface area contributed by atoms with E-state index < -0.39 is 11.2 Å². The van der Waals surface area contributed by atoms with E-state index in [1.807, 2.05) is 0 Å². The Bertz CT molecular complexity index is 447. The molecule has 1 atom stereocenters. The summed E-state index contributed by atoms with van der Waals surface area (Å²) in [6.07, 6.45) is 1.57. The van der Waals surface area contributed by atoms with E-state index in [2.05, 4.69) is 27.4 Å². The molecule has 18 heavy (non-hydrogen) atoms. The van der Waals surface area contributed by atoms with Crippen LogP contribution in [0.3, 0.4) is 0 Å². The molecule has 1 heterocycles. The average molecular weight is 271 g/mol. The standard InChI is InChI=1S/C9H13N5O3S/c1-3-4-10-8(17)6(2)18-9-11-12-13-14(9)5-7(15)16/h3,6H,1,4-5H2,2H3,(H,10,17)(H,15,16). The Morgan fingerprint density at radius 1 is 1.67 bits per heavy atom. The van der Waals surface area contributed by atoms with Gasteiger partial charge in [0.1, 0.15) is 6.54 Å². The van der Waals surface area contributed by atoms with Crippen LogP contribution in [0, 0.1) is 0 Å². The van der Waals surface area contributed by atoms with Gasteiger partial charge in [-0.25, -0.2) is 4.68 Å². The van der Waals surface area contributed by atoms with Crippen molar-refractivity contribution in [3.63, 3.8) is 0 Å². The molecule has 0 fully saturated rings. The number of amides is 1. The maximum absolute atomic E-state index is 11.6. The van der Waals surface area contributed by atoms with Crippen molar-refractivity contribution in [2.24, 2.45) is 0 Å². The van der Waals surface area contributed by atoms with E-state index in [4.69, 9.17) is 5.11 Å². The third kappa shape index (κ3) is 4.17. The lowest BCUT2D eigenvalue weighted by atomic mass is 10.4. The van der Waals surface area contributed by atoms with Crippen LogP contribution in [-0.4, -0.2) is 49.0 Å². The monoisotopic (exact) mass is 271 g/mol.